The second-order valence-corrected chi connectivity index (χ2v) is 6.98. The number of nitrogens with one attached hydrogen (secondary N) is 1. The zero-order valence-electron chi connectivity index (χ0n) is 16.0. The highest BCUT2D eigenvalue weighted by molar-refractivity contribution is 5.94. The van der Waals surface area contributed by atoms with E-state index < -0.39 is 0 Å². The smallest absolute Gasteiger partial charge is 0.251 e. The first kappa shape index (κ1) is 19.5. The third-order valence-corrected chi connectivity index (χ3v) is 4.95. The van der Waals surface area contributed by atoms with Crippen LogP contribution in [-0.4, -0.2) is 37.0 Å². The summed E-state index contributed by atoms with van der Waals surface area (Å²) in [6.45, 7) is 14.2. The minimum Gasteiger partial charge on any atom is -0.351 e. The molecule has 3 nitrogen and oxygen atoms in total. The molecular formula is C22H34N2O. The van der Waals surface area contributed by atoms with Crippen LogP contribution >= 0.6 is 0 Å². The summed E-state index contributed by atoms with van der Waals surface area (Å²) in [7, 11) is 0. The van der Waals surface area contributed by atoms with E-state index in [1.807, 2.05) is 25.1 Å². The highest BCUT2D eigenvalue weighted by Gasteiger charge is 2.11. The van der Waals surface area contributed by atoms with E-state index in [2.05, 4.69) is 36.7 Å². The van der Waals surface area contributed by atoms with Crippen LogP contribution in [0.1, 0.15) is 58.2 Å². The van der Waals surface area contributed by atoms with E-state index in [1.165, 1.54) is 24.5 Å². The first-order valence-electron chi connectivity index (χ1n) is 9.50. The molecule has 0 bridgehead atoms. The number of benzene rings is 1. The molecule has 1 heterocycles. The number of amides is 1. The predicted octanol–water partition coefficient (Wildman–Crippen LogP) is 3.09. The fourth-order valence-electron chi connectivity index (χ4n) is 3.26. The summed E-state index contributed by atoms with van der Waals surface area (Å²) in [5, 5.41) is 5.35. The van der Waals surface area contributed by atoms with Gasteiger partial charge in [0.1, 0.15) is 0 Å². The van der Waals surface area contributed by atoms with Gasteiger partial charge in [0.05, 0.1) is 0 Å². The average molecular weight is 343 g/mol. The molecule has 138 valence electrons. The molecule has 0 atom stereocenters. The Morgan fingerprint density at radius 2 is 2.00 bits per heavy atom. The zero-order valence-corrected chi connectivity index (χ0v) is 16.0. The first-order valence-corrected chi connectivity index (χ1v) is 9.50. The maximum Gasteiger partial charge on any atom is 0.251 e. The SMILES string of the molecule is C=C(C)/C(C)=c1/cc(C(=O)NCCN2CCCCC2)cc/c1=C\CC.[HH]. The largest absolute Gasteiger partial charge is 0.351 e. The highest BCUT2D eigenvalue weighted by Crippen LogP contribution is 2.07. The van der Waals surface area contributed by atoms with Crippen molar-refractivity contribution in [1.29, 1.82) is 0 Å². The standard InChI is InChI=1S/C22H32N2O.H2/c1-5-9-19-10-11-20(16-21(19)18(4)17(2)3)22(25)23-12-15-24-13-7-6-8-14-24;/h9-11,16H,2,5-8,12-15H2,1,3-4H3,(H,23,25);1H/b19-9+,21-18-;. The highest BCUT2D eigenvalue weighted by atomic mass is 16.1. The van der Waals surface area contributed by atoms with Gasteiger partial charge in [-0.2, -0.15) is 0 Å². The van der Waals surface area contributed by atoms with Crippen LogP contribution in [0.15, 0.2) is 30.4 Å². The molecule has 1 aliphatic heterocycles. The number of carbonyl (C=O) groups is 1. The summed E-state index contributed by atoms with van der Waals surface area (Å²) in [6, 6.07) is 5.97. The maximum atomic E-state index is 12.5. The number of piperidine rings is 1. The van der Waals surface area contributed by atoms with Crippen molar-refractivity contribution in [3.8, 4) is 0 Å². The number of hydrogen-bond donors (Lipinski definition) is 1. The average Bonchev–Trinajstić information content (AvgIpc) is 2.62. The Balaban J connectivity index is 0.00000338. The Bertz CT molecular complexity index is 733. The van der Waals surface area contributed by atoms with Gasteiger partial charge in [0.15, 0.2) is 0 Å². The van der Waals surface area contributed by atoms with Crippen LogP contribution in [-0.2, 0) is 0 Å². The molecule has 1 fully saturated rings. The minimum atomic E-state index is 0. The van der Waals surface area contributed by atoms with E-state index in [9.17, 15) is 4.79 Å². The number of allylic oxidation sites excluding steroid dienone is 1. The molecule has 0 saturated carbocycles. The second-order valence-electron chi connectivity index (χ2n) is 6.98. The van der Waals surface area contributed by atoms with Crippen molar-refractivity contribution in [1.82, 2.24) is 10.2 Å². The van der Waals surface area contributed by atoms with Crippen molar-refractivity contribution < 1.29 is 6.22 Å². The predicted molar refractivity (Wildman–Crippen MR) is 109 cm³/mol. The number of likely N-dealkylation sites (tertiary alicyclic amines) is 1. The Morgan fingerprint density at radius 3 is 2.64 bits per heavy atom. The molecule has 3 heteroatoms. The zero-order chi connectivity index (χ0) is 18.2. The number of nitrogens with zero attached hydrogens (tertiary/aromatic N) is 1. The molecule has 1 saturated heterocycles. The van der Waals surface area contributed by atoms with Gasteiger partial charge in [-0.25, -0.2) is 0 Å². The van der Waals surface area contributed by atoms with Gasteiger partial charge in [-0.15, -0.1) is 0 Å². The van der Waals surface area contributed by atoms with Crippen LogP contribution < -0.4 is 15.8 Å². The summed E-state index contributed by atoms with van der Waals surface area (Å²) in [5.74, 6) is 0.0100. The van der Waals surface area contributed by atoms with Gasteiger partial charge in [0, 0.05) is 20.1 Å². The lowest BCUT2D eigenvalue weighted by atomic mass is 10.0. The van der Waals surface area contributed by atoms with Crippen LogP contribution in [0.25, 0.3) is 11.6 Å². The topological polar surface area (TPSA) is 32.3 Å². The first-order chi connectivity index (χ1) is 12.0. The molecule has 1 aliphatic rings. The van der Waals surface area contributed by atoms with Gasteiger partial charge < -0.3 is 10.2 Å². The van der Waals surface area contributed by atoms with Crippen LogP contribution in [0.4, 0.5) is 0 Å². The molecule has 2 rings (SSSR count). The van der Waals surface area contributed by atoms with Crippen molar-refractivity contribution in [3.63, 3.8) is 0 Å². The summed E-state index contributed by atoms with van der Waals surface area (Å²) < 4.78 is 0. The third-order valence-electron chi connectivity index (χ3n) is 4.95. The van der Waals surface area contributed by atoms with Gasteiger partial charge in [-0.3, -0.25) is 4.79 Å². The van der Waals surface area contributed by atoms with Crippen LogP contribution in [0, 0.1) is 0 Å². The minimum absolute atomic E-state index is 0. The summed E-state index contributed by atoms with van der Waals surface area (Å²) in [5.41, 5.74) is 2.90. The van der Waals surface area contributed by atoms with E-state index in [1.54, 1.807) is 0 Å². The van der Waals surface area contributed by atoms with Crippen molar-refractivity contribution >= 4 is 17.6 Å². The van der Waals surface area contributed by atoms with Gasteiger partial charge in [-0.1, -0.05) is 37.6 Å². The van der Waals surface area contributed by atoms with Gasteiger partial charge in [0.25, 0.3) is 5.91 Å². The Labute approximate surface area is 153 Å². The van der Waals surface area contributed by atoms with Crippen LogP contribution in [0.3, 0.4) is 0 Å². The normalized spacial score (nSPS) is 17.3. The molecule has 1 aromatic carbocycles. The lowest BCUT2D eigenvalue weighted by molar-refractivity contribution is 0.0946. The van der Waals surface area contributed by atoms with Crippen molar-refractivity contribution in [2.24, 2.45) is 0 Å². The van der Waals surface area contributed by atoms with Crippen molar-refractivity contribution in [2.45, 2.75) is 46.5 Å². The van der Waals surface area contributed by atoms with E-state index in [0.29, 0.717) is 6.54 Å². The molecule has 1 aromatic rings. The lowest BCUT2D eigenvalue weighted by Crippen LogP contribution is -2.38. The van der Waals surface area contributed by atoms with Crippen LogP contribution in [0.5, 0.6) is 0 Å². The maximum absolute atomic E-state index is 12.5. The number of carbonyl (C=O) groups excluding carboxylic acids is 1. The molecular weight excluding hydrogens is 308 g/mol. The molecule has 1 amide bonds. The fraction of sp³-hybridized carbons (Fsp3) is 0.500. The van der Waals surface area contributed by atoms with E-state index >= 15 is 0 Å². The molecule has 0 aromatic heterocycles. The molecule has 1 N–H and O–H groups in total. The Kier molecular flexibility index (Phi) is 7.45. The van der Waals surface area contributed by atoms with Crippen LogP contribution in [0.2, 0.25) is 0 Å². The molecule has 25 heavy (non-hydrogen) atoms. The molecule has 0 aliphatic carbocycles. The van der Waals surface area contributed by atoms with Gasteiger partial charge in [0.2, 0.25) is 0 Å². The van der Waals surface area contributed by atoms with E-state index in [0.717, 1.165) is 48.0 Å². The number of rotatable bonds is 6. The summed E-state index contributed by atoms with van der Waals surface area (Å²) in [4.78, 5) is 15.0. The number of hydrogen-bond acceptors (Lipinski definition) is 2. The Morgan fingerprint density at radius 1 is 1.28 bits per heavy atom. The fourth-order valence-corrected chi connectivity index (χ4v) is 3.26. The van der Waals surface area contributed by atoms with Crippen molar-refractivity contribution in [3.05, 3.63) is 46.4 Å². The van der Waals surface area contributed by atoms with Gasteiger partial charge in [-0.05, 0) is 74.3 Å². The van der Waals surface area contributed by atoms with Gasteiger partial charge >= 0.3 is 0 Å². The molecule has 0 radical (unpaired) electrons. The monoisotopic (exact) mass is 342 g/mol. The Hall–Kier alpha value is -1.87. The summed E-state index contributed by atoms with van der Waals surface area (Å²) >= 11 is 0. The summed E-state index contributed by atoms with van der Waals surface area (Å²) in [6.07, 6.45) is 7.06. The second kappa shape index (κ2) is 9.57. The van der Waals surface area contributed by atoms with E-state index in [-0.39, 0.29) is 7.33 Å². The van der Waals surface area contributed by atoms with E-state index in [4.69, 9.17) is 0 Å². The molecule has 0 unspecified atom stereocenters. The molecule has 0 spiro atoms. The quantitative estimate of drug-likeness (QED) is 0.862. The van der Waals surface area contributed by atoms with Crippen molar-refractivity contribution in [2.75, 3.05) is 26.2 Å². The third kappa shape index (κ3) is 5.57. The lowest BCUT2D eigenvalue weighted by Gasteiger charge is -2.26.